The molecule has 2 heteroatoms. The molecule has 0 amide bonds. The molecule has 2 nitrogen and oxygen atoms in total. The standard InChI is InChI=1S/C18H23NO/c1-13-8-10-16(11-9-13)14(2)19-15(3)17-6-5-7-18(12-17)20-4/h5-12,14-15,19H,1-4H3. The second-order valence-corrected chi connectivity index (χ2v) is 5.30. The third-order valence-corrected chi connectivity index (χ3v) is 3.67. The van der Waals surface area contributed by atoms with E-state index in [1.807, 2.05) is 12.1 Å². The molecule has 2 atom stereocenters. The average Bonchev–Trinajstić information content (AvgIpc) is 2.47. The lowest BCUT2D eigenvalue weighted by molar-refractivity contribution is 0.412. The van der Waals surface area contributed by atoms with Crippen LogP contribution in [0.3, 0.4) is 0 Å². The fraction of sp³-hybridized carbons (Fsp3) is 0.333. The molecule has 2 rings (SSSR count). The highest BCUT2D eigenvalue weighted by molar-refractivity contribution is 5.31. The Morgan fingerprint density at radius 3 is 2.20 bits per heavy atom. The van der Waals surface area contributed by atoms with E-state index in [9.17, 15) is 0 Å². The molecule has 1 N–H and O–H groups in total. The minimum absolute atomic E-state index is 0.279. The van der Waals surface area contributed by atoms with Crippen LogP contribution in [-0.2, 0) is 0 Å². The smallest absolute Gasteiger partial charge is 0.119 e. The lowest BCUT2D eigenvalue weighted by Crippen LogP contribution is -2.22. The van der Waals surface area contributed by atoms with E-state index in [4.69, 9.17) is 4.74 Å². The summed E-state index contributed by atoms with van der Waals surface area (Å²) < 4.78 is 5.28. The van der Waals surface area contributed by atoms with Crippen LogP contribution in [0, 0.1) is 6.92 Å². The molecule has 2 unspecified atom stereocenters. The molecule has 20 heavy (non-hydrogen) atoms. The molecule has 0 aromatic heterocycles. The topological polar surface area (TPSA) is 21.3 Å². The van der Waals surface area contributed by atoms with Crippen molar-refractivity contribution < 1.29 is 4.74 Å². The first-order valence-corrected chi connectivity index (χ1v) is 7.06. The van der Waals surface area contributed by atoms with E-state index in [1.54, 1.807) is 7.11 Å². The molecule has 2 aromatic carbocycles. The number of nitrogens with one attached hydrogen (secondary N) is 1. The molecule has 106 valence electrons. The Balaban J connectivity index is 2.06. The summed E-state index contributed by atoms with van der Waals surface area (Å²) in [4.78, 5) is 0. The third kappa shape index (κ3) is 3.61. The molecular weight excluding hydrogens is 246 g/mol. The first kappa shape index (κ1) is 14.6. The van der Waals surface area contributed by atoms with Gasteiger partial charge >= 0.3 is 0 Å². The fourth-order valence-electron chi connectivity index (χ4n) is 2.33. The second-order valence-electron chi connectivity index (χ2n) is 5.30. The number of aryl methyl sites for hydroxylation is 1. The van der Waals surface area contributed by atoms with E-state index < -0.39 is 0 Å². The summed E-state index contributed by atoms with van der Waals surface area (Å²) in [5.74, 6) is 0.902. The maximum Gasteiger partial charge on any atom is 0.119 e. The predicted molar refractivity (Wildman–Crippen MR) is 84.1 cm³/mol. The van der Waals surface area contributed by atoms with Gasteiger partial charge in [0.2, 0.25) is 0 Å². The van der Waals surface area contributed by atoms with Crippen molar-refractivity contribution in [2.45, 2.75) is 32.9 Å². The van der Waals surface area contributed by atoms with Gasteiger partial charge in [-0.1, -0.05) is 42.0 Å². The van der Waals surface area contributed by atoms with Gasteiger partial charge in [0.25, 0.3) is 0 Å². The molecular formula is C18H23NO. The largest absolute Gasteiger partial charge is 0.497 e. The Kier molecular flexibility index (Phi) is 4.80. The molecule has 0 spiro atoms. The molecule has 0 aliphatic heterocycles. The molecule has 0 aliphatic carbocycles. The van der Waals surface area contributed by atoms with Crippen LogP contribution < -0.4 is 10.1 Å². The Morgan fingerprint density at radius 2 is 1.55 bits per heavy atom. The SMILES string of the molecule is COc1cccc(C(C)NC(C)c2ccc(C)cc2)c1. The second kappa shape index (κ2) is 6.58. The first-order valence-electron chi connectivity index (χ1n) is 7.06. The highest BCUT2D eigenvalue weighted by atomic mass is 16.5. The summed E-state index contributed by atoms with van der Waals surface area (Å²) in [7, 11) is 1.70. The average molecular weight is 269 g/mol. The maximum atomic E-state index is 5.28. The summed E-state index contributed by atoms with van der Waals surface area (Å²) >= 11 is 0. The number of ether oxygens (including phenoxy) is 1. The van der Waals surface area contributed by atoms with Gasteiger partial charge in [-0.05, 0) is 44.0 Å². The van der Waals surface area contributed by atoms with E-state index >= 15 is 0 Å². The molecule has 0 aliphatic rings. The maximum absolute atomic E-state index is 5.28. The van der Waals surface area contributed by atoms with E-state index in [0.717, 1.165) is 5.75 Å². The summed E-state index contributed by atoms with van der Waals surface area (Å²) in [6.07, 6.45) is 0. The molecule has 0 heterocycles. The van der Waals surface area contributed by atoms with Crippen LogP contribution in [0.4, 0.5) is 0 Å². The van der Waals surface area contributed by atoms with Gasteiger partial charge < -0.3 is 10.1 Å². The number of hydrogen-bond acceptors (Lipinski definition) is 2. The monoisotopic (exact) mass is 269 g/mol. The molecule has 0 fully saturated rings. The van der Waals surface area contributed by atoms with Gasteiger partial charge in [0.15, 0.2) is 0 Å². The van der Waals surface area contributed by atoms with Crippen LogP contribution in [-0.4, -0.2) is 7.11 Å². The summed E-state index contributed by atoms with van der Waals surface area (Å²) in [5, 5.41) is 3.63. The Hall–Kier alpha value is -1.80. The Labute approximate surface area is 121 Å². The van der Waals surface area contributed by atoms with Gasteiger partial charge in [0.1, 0.15) is 5.75 Å². The number of rotatable bonds is 5. The number of hydrogen-bond donors (Lipinski definition) is 1. The highest BCUT2D eigenvalue weighted by Gasteiger charge is 2.11. The highest BCUT2D eigenvalue weighted by Crippen LogP contribution is 2.22. The Bertz CT molecular complexity index is 548. The van der Waals surface area contributed by atoms with Crippen LogP contribution in [0.25, 0.3) is 0 Å². The van der Waals surface area contributed by atoms with Crippen LogP contribution >= 0.6 is 0 Å². The summed E-state index contributed by atoms with van der Waals surface area (Å²) in [6.45, 7) is 6.49. The molecule has 0 saturated carbocycles. The quantitative estimate of drug-likeness (QED) is 0.867. The van der Waals surface area contributed by atoms with Crippen LogP contribution in [0.15, 0.2) is 48.5 Å². The molecule has 0 saturated heterocycles. The predicted octanol–water partition coefficient (Wildman–Crippen LogP) is 4.42. The summed E-state index contributed by atoms with van der Waals surface area (Å²) in [5.41, 5.74) is 3.84. The van der Waals surface area contributed by atoms with Crippen LogP contribution in [0.5, 0.6) is 5.75 Å². The van der Waals surface area contributed by atoms with Crippen LogP contribution in [0.2, 0.25) is 0 Å². The van der Waals surface area contributed by atoms with Crippen molar-refractivity contribution in [3.8, 4) is 5.75 Å². The van der Waals surface area contributed by atoms with Crippen molar-refractivity contribution in [1.29, 1.82) is 0 Å². The van der Waals surface area contributed by atoms with Gasteiger partial charge in [-0.25, -0.2) is 0 Å². The summed E-state index contributed by atoms with van der Waals surface area (Å²) in [6, 6.07) is 17.5. The van der Waals surface area contributed by atoms with E-state index in [-0.39, 0.29) is 6.04 Å². The van der Waals surface area contributed by atoms with E-state index in [1.165, 1.54) is 16.7 Å². The molecule has 0 bridgehead atoms. The Morgan fingerprint density at radius 1 is 0.900 bits per heavy atom. The van der Waals surface area contributed by atoms with Gasteiger partial charge in [0, 0.05) is 12.1 Å². The van der Waals surface area contributed by atoms with Gasteiger partial charge in [-0.3, -0.25) is 0 Å². The zero-order valence-corrected chi connectivity index (χ0v) is 12.7. The number of methoxy groups -OCH3 is 1. The normalized spacial score (nSPS) is 13.8. The zero-order valence-electron chi connectivity index (χ0n) is 12.7. The van der Waals surface area contributed by atoms with E-state index in [2.05, 4.69) is 62.5 Å². The van der Waals surface area contributed by atoms with E-state index in [0.29, 0.717) is 6.04 Å². The lowest BCUT2D eigenvalue weighted by atomic mass is 10.0. The van der Waals surface area contributed by atoms with Crippen LogP contribution in [0.1, 0.15) is 42.6 Å². The van der Waals surface area contributed by atoms with Gasteiger partial charge in [-0.15, -0.1) is 0 Å². The molecule has 2 aromatic rings. The minimum atomic E-state index is 0.279. The van der Waals surface area contributed by atoms with Crippen molar-refractivity contribution in [3.63, 3.8) is 0 Å². The van der Waals surface area contributed by atoms with Crippen molar-refractivity contribution in [1.82, 2.24) is 5.32 Å². The van der Waals surface area contributed by atoms with Crippen molar-refractivity contribution in [3.05, 3.63) is 65.2 Å². The van der Waals surface area contributed by atoms with Crippen molar-refractivity contribution in [2.75, 3.05) is 7.11 Å². The third-order valence-electron chi connectivity index (χ3n) is 3.67. The fourth-order valence-corrected chi connectivity index (χ4v) is 2.33. The van der Waals surface area contributed by atoms with Gasteiger partial charge in [0.05, 0.1) is 7.11 Å². The number of benzene rings is 2. The van der Waals surface area contributed by atoms with Crippen molar-refractivity contribution in [2.24, 2.45) is 0 Å². The van der Waals surface area contributed by atoms with Crippen molar-refractivity contribution >= 4 is 0 Å². The van der Waals surface area contributed by atoms with Gasteiger partial charge in [-0.2, -0.15) is 0 Å². The molecule has 0 radical (unpaired) electrons. The zero-order chi connectivity index (χ0) is 14.5. The minimum Gasteiger partial charge on any atom is -0.497 e. The lowest BCUT2D eigenvalue weighted by Gasteiger charge is -2.21. The first-order chi connectivity index (χ1) is 9.60.